The molecule has 116 valence electrons. The van der Waals surface area contributed by atoms with Crippen LogP contribution in [-0.2, 0) is 19.1 Å². The fraction of sp³-hybridized carbons (Fsp3) is 0.188. The smallest absolute Gasteiger partial charge is 0.130 e. The number of fused-ring (bicyclic) bond motifs is 3. The molecule has 5 nitrogen and oxygen atoms in total. The summed E-state index contributed by atoms with van der Waals surface area (Å²) in [6.45, 7) is 1.32. The van der Waals surface area contributed by atoms with Crippen molar-refractivity contribution in [1.29, 1.82) is 0 Å². The SMILES string of the molecule is ClCc1nnn2c1-c1cccc(Br)c1CN(c1ccccn1)C2. The molecule has 0 saturated heterocycles. The summed E-state index contributed by atoms with van der Waals surface area (Å²) >= 11 is 9.74. The number of hydrogen-bond donors (Lipinski definition) is 0. The predicted molar refractivity (Wildman–Crippen MR) is 93.1 cm³/mol. The Bertz CT molecular complexity index is 849. The molecule has 1 aliphatic rings. The highest BCUT2D eigenvalue weighted by atomic mass is 79.9. The van der Waals surface area contributed by atoms with E-state index in [4.69, 9.17) is 11.6 Å². The first kappa shape index (κ1) is 14.7. The monoisotopic (exact) mass is 389 g/mol. The summed E-state index contributed by atoms with van der Waals surface area (Å²) in [5.41, 5.74) is 4.08. The van der Waals surface area contributed by atoms with Gasteiger partial charge in [0.1, 0.15) is 18.2 Å². The Balaban J connectivity index is 1.92. The molecule has 0 saturated carbocycles. The van der Waals surface area contributed by atoms with E-state index in [-0.39, 0.29) is 0 Å². The van der Waals surface area contributed by atoms with Crippen LogP contribution in [0.3, 0.4) is 0 Å². The standard InChI is InChI=1S/C16H13BrClN5/c17-13-5-3-4-11-12(13)9-22(15-6-1-2-7-19-15)10-23-16(11)14(8-18)20-21-23/h1-7H,8-10H2. The summed E-state index contributed by atoms with van der Waals surface area (Å²) in [5.74, 6) is 1.25. The summed E-state index contributed by atoms with van der Waals surface area (Å²) in [6.07, 6.45) is 1.80. The van der Waals surface area contributed by atoms with E-state index < -0.39 is 0 Å². The van der Waals surface area contributed by atoms with Gasteiger partial charge in [-0.1, -0.05) is 39.3 Å². The molecule has 3 aromatic rings. The lowest BCUT2D eigenvalue weighted by Crippen LogP contribution is -2.25. The van der Waals surface area contributed by atoms with E-state index in [1.54, 1.807) is 6.20 Å². The lowest BCUT2D eigenvalue weighted by atomic mass is 10.0. The van der Waals surface area contributed by atoms with Crippen molar-refractivity contribution >= 4 is 33.3 Å². The Morgan fingerprint density at radius 3 is 2.87 bits per heavy atom. The molecule has 2 aromatic heterocycles. The van der Waals surface area contributed by atoms with Crippen molar-refractivity contribution in [1.82, 2.24) is 20.0 Å². The number of halogens is 2. The second-order valence-electron chi connectivity index (χ2n) is 5.31. The van der Waals surface area contributed by atoms with Gasteiger partial charge in [0.15, 0.2) is 0 Å². The molecule has 1 aromatic carbocycles. The summed E-state index contributed by atoms with van der Waals surface area (Å²) in [7, 11) is 0. The third-order valence-corrected chi connectivity index (χ3v) is 4.93. The molecular weight excluding hydrogens is 378 g/mol. The minimum Gasteiger partial charge on any atom is -0.333 e. The molecule has 0 N–H and O–H groups in total. The average molecular weight is 391 g/mol. The number of aromatic nitrogens is 4. The van der Waals surface area contributed by atoms with Crippen molar-refractivity contribution in [2.45, 2.75) is 19.1 Å². The van der Waals surface area contributed by atoms with Crippen LogP contribution in [0.5, 0.6) is 0 Å². The normalized spacial score (nSPS) is 13.4. The van der Waals surface area contributed by atoms with Crippen LogP contribution < -0.4 is 4.90 Å². The maximum Gasteiger partial charge on any atom is 0.130 e. The molecule has 0 radical (unpaired) electrons. The summed E-state index contributed by atoms with van der Waals surface area (Å²) in [6, 6.07) is 12.1. The number of pyridine rings is 1. The van der Waals surface area contributed by atoms with Gasteiger partial charge in [-0.3, -0.25) is 0 Å². The van der Waals surface area contributed by atoms with E-state index in [9.17, 15) is 0 Å². The molecule has 4 rings (SSSR count). The maximum atomic E-state index is 6.06. The van der Waals surface area contributed by atoms with Crippen LogP contribution in [-0.4, -0.2) is 20.0 Å². The summed E-state index contributed by atoms with van der Waals surface area (Å²) in [4.78, 5) is 6.64. The van der Waals surface area contributed by atoms with E-state index in [0.29, 0.717) is 12.5 Å². The highest BCUT2D eigenvalue weighted by Crippen LogP contribution is 2.35. The Morgan fingerprint density at radius 2 is 2.09 bits per heavy atom. The molecule has 0 bridgehead atoms. The largest absolute Gasteiger partial charge is 0.333 e. The molecule has 1 aliphatic heterocycles. The van der Waals surface area contributed by atoms with Crippen molar-refractivity contribution in [2.75, 3.05) is 4.90 Å². The number of benzene rings is 1. The van der Waals surface area contributed by atoms with Crippen molar-refractivity contribution in [3.05, 3.63) is 58.3 Å². The summed E-state index contributed by atoms with van der Waals surface area (Å²) in [5, 5.41) is 8.52. The Hall–Kier alpha value is -1.92. The van der Waals surface area contributed by atoms with Gasteiger partial charge in [0.2, 0.25) is 0 Å². The minimum absolute atomic E-state index is 0.338. The number of alkyl halides is 1. The van der Waals surface area contributed by atoms with Crippen molar-refractivity contribution in [3.8, 4) is 11.3 Å². The quantitative estimate of drug-likeness (QED) is 0.624. The molecule has 23 heavy (non-hydrogen) atoms. The van der Waals surface area contributed by atoms with Crippen LogP contribution in [0.4, 0.5) is 5.82 Å². The zero-order valence-corrected chi connectivity index (χ0v) is 14.5. The van der Waals surface area contributed by atoms with E-state index in [1.165, 1.54) is 5.56 Å². The Morgan fingerprint density at radius 1 is 1.17 bits per heavy atom. The zero-order chi connectivity index (χ0) is 15.8. The van der Waals surface area contributed by atoms with Gasteiger partial charge < -0.3 is 4.90 Å². The maximum absolute atomic E-state index is 6.06. The number of nitrogens with zero attached hydrogens (tertiary/aromatic N) is 5. The van der Waals surface area contributed by atoms with E-state index in [2.05, 4.69) is 48.3 Å². The topological polar surface area (TPSA) is 46.8 Å². The molecule has 0 spiro atoms. The first-order valence-electron chi connectivity index (χ1n) is 7.20. The fourth-order valence-corrected chi connectivity index (χ4v) is 3.54. The van der Waals surface area contributed by atoms with Crippen LogP contribution in [0.25, 0.3) is 11.3 Å². The first-order valence-corrected chi connectivity index (χ1v) is 8.52. The van der Waals surface area contributed by atoms with Crippen LogP contribution >= 0.6 is 27.5 Å². The Labute approximate surface area is 147 Å². The van der Waals surface area contributed by atoms with Crippen LogP contribution in [0, 0.1) is 0 Å². The van der Waals surface area contributed by atoms with Crippen LogP contribution in [0.2, 0.25) is 0 Å². The lowest BCUT2D eigenvalue weighted by Gasteiger charge is -2.22. The van der Waals surface area contributed by atoms with Gasteiger partial charge in [0.25, 0.3) is 0 Å². The van der Waals surface area contributed by atoms with Crippen molar-refractivity contribution in [2.24, 2.45) is 0 Å². The molecule has 0 aliphatic carbocycles. The average Bonchev–Trinajstić information content (AvgIpc) is 2.91. The third kappa shape index (κ3) is 2.52. The fourth-order valence-electron chi connectivity index (χ4n) is 2.87. The van der Waals surface area contributed by atoms with Gasteiger partial charge in [0.05, 0.1) is 11.6 Å². The molecule has 0 atom stereocenters. The second-order valence-corrected chi connectivity index (χ2v) is 6.43. The van der Waals surface area contributed by atoms with Gasteiger partial charge in [-0.15, -0.1) is 16.7 Å². The Kier molecular flexibility index (Phi) is 3.79. The molecule has 0 unspecified atom stereocenters. The van der Waals surface area contributed by atoms with Gasteiger partial charge in [-0.05, 0) is 23.8 Å². The minimum atomic E-state index is 0.338. The first-order chi connectivity index (χ1) is 11.3. The van der Waals surface area contributed by atoms with E-state index in [0.717, 1.165) is 33.8 Å². The molecular formula is C16H13BrClN5. The zero-order valence-electron chi connectivity index (χ0n) is 12.2. The highest BCUT2D eigenvalue weighted by molar-refractivity contribution is 9.10. The number of rotatable bonds is 2. The second kappa shape index (κ2) is 5.94. The predicted octanol–water partition coefficient (Wildman–Crippen LogP) is 3.82. The third-order valence-electron chi connectivity index (χ3n) is 3.93. The number of hydrogen-bond acceptors (Lipinski definition) is 4. The van der Waals surface area contributed by atoms with Gasteiger partial charge >= 0.3 is 0 Å². The van der Waals surface area contributed by atoms with Gasteiger partial charge in [-0.25, -0.2) is 9.67 Å². The van der Waals surface area contributed by atoms with Crippen molar-refractivity contribution in [3.63, 3.8) is 0 Å². The van der Waals surface area contributed by atoms with Gasteiger partial charge in [0, 0.05) is 22.8 Å². The van der Waals surface area contributed by atoms with E-state index in [1.807, 2.05) is 28.9 Å². The number of anilines is 1. The van der Waals surface area contributed by atoms with Gasteiger partial charge in [-0.2, -0.15) is 0 Å². The lowest BCUT2D eigenvalue weighted by molar-refractivity contribution is 0.564. The highest BCUT2D eigenvalue weighted by Gasteiger charge is 2.25. The molecule has 0 amide bonds. The van der Waals surface area contributed by atoms with Crippen molar-refractivity contribution < 1.29 is 0 Å². The van der Waals surface area contributed by atoms with Crippen LogP contribution in [0.15, 0.2) is 47.1 Å². The van der Waals surface area contributed by atoms with Crippen LogP contribution in [0.1, 0.15) is 11.3 Å². The summed E-state index contributed by atoms with van der Waals surface area (Å²) < 4.78 is 2.95. The molecule has 7 heteroatoms. The molecule has 0 fully saturated rings. The van der Waals surface area contributed by atoms with E-state index >= 15 is 0 Å². The molecule has 3 heterocycles.